The summed E-state index contributed by atoms with van der Waals surface area (Å²) in [6.07, 6.45) is -4.26. The average Bonchev–Trinajstić information content (AvgIpc) is 2.63. The van der Waals surface area contributed by atoms with E-state index in [1.165, 1.54) is 6.07 Å². The smallest absolute Gasteiger partial charge is 0.352 e. The van der Waals surface area contributed by atoms with Crippen molar-refractivity contribution in [3.63, 3.8) is 0 Å². The minimum absolute atomic E-state index is 0.0435. The van der Waals surface area contributed by atoms with Gasteiger partial charge in [0.25, 0.3) is 0 Å². The van der Waals surface area contributed by atoms with Crippen molar-refractivity contribution in [2.75, 3.05) is 0 Å². The van der Waals surface area contributed by atoms with Gasteiger partial charge < -0.3 is 5.32 Å². The highest BCUT2D eigenvalue weighted by Gasteiger charge is 2.30. The fraction of sp³-hybridized carbons (Fsp3) is 0.238. The van der Waals surface area contributed by atoms with Gasteiger partial charge in [-0.1, -0.05) is 30.3 Å². The number of carbonyl (C=O) groups is 1. The van der Waals surface area contributed by atoms with Crippen molar-refractivity contribution in [2.45, 2.75) is 33.0 Å². The summed E-state index contributed by atoms with van der Waals surface area (Å²) in [5.74, 6) is -0.254. The van der Waals surface area contributed by atoms with Crippen LogP contribution in [0, 0.1) is 13.8 Å². The molecule has 1 aromatic heterocycles. The fourth-order valence-electron chi connectivity index (χ4n) is 3.11. The Labute approximate surface area is 155 Å². The van der Waals surface area contributed by atoms with Crippen molar-refractivity contribution in [1.29, 1.82) is 0 Å². The summed E-state index contributed by atoms with van der Waals surface area (Å²) >= 11 is 0. The Morgan fingerprint density at radius 2 is 1.81 bits per heavy atom. The lowest BCUT2D eigenvalue weighted by molar-refractivity contribution is -0.137. The summed E-state index contributed by atoms with van der Waals surface area (Å²) in [6, 6.07) is 12.7. The van der Waals surface area contributed by atoms with E-state index in [1.807, 2.05) is 38.1 Å². The Bertz CT molecular complexity index is 996. The molecule has 1 heterocycles. The number of amides is 1. The third kappa shape index (κ3) is 4.27. The van der Waals surface area contributed by atoms with Crippen LogP contribution in [0.1, 0.15) is 27.9 Å². The van der Waals surface area contributed by atoms with Crippen molar-refractivity contribution >= 4 is 16.8 Å². The van der Waals surface area contributed by atoms with Crippen LogP contribution in [-0.2, 0) is 23.9 Å². The molecule has 140 valence electrons. The summed E-state index contributed by atoms with van der Waals surface area (Å²) in [5, 5.41) is 3.68. The highest BCUT2D eigenvalue weighted by atomic mass is 19.4. The number of aromatic nitrogens is 1. The number of carbonyl (C=O) groups excluding carboxylic acids is 1. The van der Waals surface area contributed by atoms with Crippen LogP contribution in [0.5, 0.6) is 0 Å². The van der Waals surface area contributed by atoms with Crippen molar-refractivity contribution in [1.82, 2.24) is 10.3 Å². The van der Waals surface area contributed by atoms with Crippen LogP contribution >= 0.6 is 0 Å². The highest BCUT2D eigenvalue weighted by Crippen LogP contribution is 2.29. The van der Waals surface area contributed by atoms with Crippen LogP contribution in [0.15, 0.2) is 48.5 Å². The lowest BCUT2D eigenvalue weighted by atomic mass is 9.99. The lowest BCUT2D eigenvalue weighted by Crippen LogP contribution is -2.25. The Balaban J connectivity index is 1.73. The monoisotopic (exact) mass is 372 g/mol. The maximum Gasteiger partial charge on any atom is 0.416 e. The molecule has 2 aromatic carbocycles. The van der Waals surface area contributed by atoms with E-state index >= 15 is 0 Å². The first-order valence-electron chi connectivity index (χ1n) is 8.53. The van der Waals surface area contributed by atoms with Gasteiger partial charge in [0, 0.05) is 17.6 Å². The minimum Gasteiger partial charge on any atom is -0.352 e. The first-order chi connectivity index (χ1) is 12.8. The first kappa shape index (κ1) is 18.9. The third-order valence-corrected chi connectivity index (χ3v) is 4.57. The number of nitrogens with one attached hydrogen (secondary N) is 1. The van der Waals surface area contributed by atoms with Gasteiger partial charge in [0.1, 0.15) is 0 Å². The minimum atomic E-state index is -4.40. The number of pyridine rings is 1. The van der Waals surface area contributed by atoms with E-state index in [4.69, 9.17) is 0 Å². The van der Waals surface area contributed by atoms with Crippen LogP contribution in [0.25, 0.3) is 10.9 Å². The molecular weight excluding hydrogens is 353 g/mol. The van der Waals surface area contributed by atoms with Crippen molar-refractivity contribution in [3.8, 4) is 0 Å². The topological polar surface area (TPSA) is 42.0 Å². The normalized spacial score (nSPS) is 11.6. The van der Waals surface area contributed by atoms with Gasteiger partial charge in [-0.3, -0.25) is 9.78 Å². The first-order valence-corrected chi connectivity index (χ1v) is 8.53. The molecule has 0 aliphatic rings. The van der Waals surface area contributed by atoms with E-state index in [2.05, 4.69) is 10.3 Å². The molecule has 0 spiro atoms. The zero-order valence-electron chi connectivity index (χ0n) is 15.0. The number of nitrogens with zero attached hydrogens (tertiary/aromatic N) is 1. The summed E-state index contributed by atoms with van der Waals surface area (Å²) in [6.45, 7) is 3.85. The Hall–Kier alpha value is -2.89. The number of alkyl halides is 3. The maximum atomic E-state index is 12.8. The van der Waals surface area contributed by atoms with Gasteiger partial charge in [0.2, 0.25) is 5.91 Å². The Kier molecular flexibility index (Phi) is 5.17. The summed E-state index contributed by atoms with van der Waals surface area (Å²) in [5.41, 5.74) is 3.17. The molecule has 0 fully saturated rings. The largest absolute Gasteiger partial charge is 0.416 e. The van der Waals surface area contributed by atoms with Gasteiger partial charge in [-0.25, -0.2) is 0 Å². The van der Waals surface area contributed by atoms with Crippen LogP contribution in [-0.4, -0.2) is 10.9 Å². The van der Waals surface area contributed by atoms with Crippen LogP contribution in [0.3, 0.4) is 0 Å². The fourth-order valence-corrected chi connectivity index (χ4v) is 3.11. The van der Waals surface area contributed by atoms with E-state index in [-0.39, 0.29) is 18.9 Å². The van der Waals surface area contributed by atoms with Gasteiger partial charge in [-0.15, -0.1) is 0 Å². The molecular formula is C21H19F3N2O. The lowest BCUT2D eigenvalue weighted by Gasteiger charge is -2.13. The Morgan fingerprint density at radius 1 is 1.07 bits per heavy atom. The van der Waals surface area contributed by atoms with Gasteiger partial charge in [0.15, 0.2) is 0 Å². The molecule has 6 heteroatoms. The SMILES string of the molecule is Cc1nc2ccccc2c(C)c1CC(=O)NCc1cccc(C(F)(F)F)c1. The second kappa shape index (κ2) is 7.39. The number of benzene rings is 2. The number of fused-ring (bicyclic) bond motifs is 1. The second-order valence-electron chi connectivity index (χ2n) is 6.47. The highest BCUT2D eigenvalue weighted by molar-refractivity contribution is 5.86. The van der Waals surface area contributed by atoms with Crippen molar-refractivity contribution < 1.29 is 18.0 Å². The van der Waals surface area contributed by atoms with Gasteiger partial charge in [0.05, 0.1) is 17.5 Å². The average molecular weight is 372 g/mol. The number of hydrogen-bond donors (Lipinski definition) is 1. The van der Waals surface area contributed by atoms with E-state index < -0.39 is 11.7 Å². The van der Waals surface area contributed by atoms with Crippen LogP contribution in [0.4, 0.5) is 13.2 Å². The van der Waals surface area contributed by atoms with E-state index in [9.17, 15) is 18.0 Å². The van der Waals surface area contributed by atoms with Crippen molar-refractivity contribution in [2.24, 2.45) is 0 Å². The molecule has 0 saturated carbocycles. The number of halogens is 3. The molecule has 0 unspecified atom stereocenters. The molecule has 0 saturated heterocycles. The summed E-state index contributed by atoms with van der Waals surface area (Å²) in [4.78, 5) is 16.9. The van der Waals surface area contributed by atoms with Crippen LogP contribution < -0.4 is 5.32 Å². The maximum absolute atomic E-state index is 12.8. The third-order valence-electron chi connectivity index (χ3n) is 4.57. The van der Waals surface area contributed by atoms with Crippen molar-refractivity contribution in [3.05, 3.63) is 76.5 Å². The molecule has 1 N–H and O–H groups in total. The Morgan fingerprint density at radius 3 is 2.56 bits per heavy atom. The number of para-hydroxylation sites is 1. The molecule has 0 bridgehead atoms. The van der Waals surface area contributed by atoms with E-state index in [1.54, 1.807) is 6.07 Å². The number of aryl methyl sites for hydroxylation is 2. The van der Waals surface area contributed by atoms with Gasteiger partial charge in [-0.05, 0) is 48.7 Å². The number of rotatable bonds is 4. The molecule has 3 rings (SSSR count). The second-order valence-corrected chi connectivity index (χ2v) is 6.47. The van der Waals surface area contributed by atoms with E-state index in [0.717, 1.165) is 39.9 Å². The molecule has 0 radical (unpaired) electrons. The molecule has 0 aliphatic heterocycles. The van der Waals surface area contributed by atoms with E-state index in [0.29, 0.717) is 5.56 Å². The summed E-state index contributed by atoms with van der Waals surface area (Å²) in [7, 11) is 0. The standard InChI is InChI=1S/C21H19F3N2O/c1-13-17-8-3-4-9-19(17)26-14(2)18(13)11-20(27)25-12-15-6-5-7-16(10-15)21(22,23)24/h3-10H,11-12H2,1-2H3,(H,25,27). The molecule has 0 atom stereocenters. The van der Waals surface area contributed by atoms with Gasteiger partial charge >= 0.3 is 6.18 Å². The number of hydrogen-bond acceptors (Lipinski definition) is 2. The molecule has 3 aromatic rings. The predicted octanol–water partition coefficient (Wildman–Crippen LogP) is 4.73. The zero-order chi connectivity index (χ0) is 19.6. The summed E-state index contributed by atoms with van der Waals surface area (Å²) < 4.78 is 38.3. The molecule has 0 aliphatic carbocycles. The molecule has 27 heavy (non-hydrogen) atoms. The molecule has 1 amide bonds. The molecule has 3 nitrogen and oxygen atoms in total. The van der Waals surface area contributed by atoms with Crippen LogP contribution in [0.2, 0.25) is 0 Å². The van der Waals surface area contributed by atoms with Gasteiger partial charge in [-0.2, -0.15) is 13.2 Å². The predicted molar refractivity (Wildman–Crippen MR) is 98.2 cm³/mol. The zero-order valence-corrected chi connectivity index (χ0v) is 15.0. The quantitative estimate of drug-likeness (QED) is 0.719.